The molecule has 2 amide bonds. The van der Waals surface area contributed by atoms with Crippen molar-refractivity contribution < 1.29 is 9.59 Å². The van der Waals surface area contributed by atoms with Crippen molar-refractivity contribution in [2.24, 2.45) is 0 Å². The molecular weight excluding hydrogens is 359 g/mol. The first-order valence-corrected chi connectivity index (χ1v) is 8.94. The minimum atomic E-state index is -0.657. The van der Waals surface area contributed by atoms with Crippen LogP contribution in [0.4, 0.5) is 11.4 Å². The van der Waals surface area contributed by atoms with Gasteiger partial charge in [0.1, 0.15) is 5.66 Å². The molecule has 0 N–H and O–H groups in total. The first kappa shape index (κ1) is 16.4. The van der Waals surface area contributed by atoms with Gasteiger partial charge in [-0.05, 0) is 61.4 Å². The number of hydrogen-bond acceptors (Lipinski definition) is 2. The summed E-state index contributed by atoms with van der Waals surface area (Å²) in [6.45, 7) is 0. The molecule has 2 aromatic carbocycles. The number of halogens is 2. The first-order chi connectivity index (χ1) is 12.0. The number of nitrogens with zero attached hydrogens (tertiary/aromatic N) is 2. The second-order valence-electron chi connectivity index (χ2n) is 6.39. The molecule has 0 aliphatic carbocycles. The van der Waals surface area contributed by atoms with E-state index in [0.29, 0.717) is 35.7 Å². The van der Waals surface area contributed by atoms with Crippen LogP contribution in [-0.4, -0.2) is 17.5 Å². The van der Waals surface area contributed by atoms with Gasteiger partial charge in [-0.25, -0.2) is 0 Å². The van der Waals surface area contributed by atoms with Crippen molar-refractivity contribution in [2.45, 2.75) is 31.3 Å². The van der Waals surface area contributed by atoms with Crippen LogP contribution in [0.15, 0.2) is 48.5 Å². The Bertz CT molecular complexity index is 762. The average molecular weight is 375 g/mol. The zero-order valence-electron chi connectivity index (χ0n) is 13.4. The van der Waals surface area contributed by atoms with E-state index in [2.05, 4.69) is 0 Å². The largest absolute Gasteiger partial charge is 0.288 e. The molecule has 2 heterocycles. The maximum Gasteiger partial charge on any atom is 0.229 e. The van der Waals surface area contributed by atoms with E-state index >= 15 is 0 Å². The zero-order valence-corrected chi connectivity index (χ0v) is 14.9. The topological polar surface area (TPSA) is 40.6 Å². The fourth-order valence-corrected chi connectivity index (χ4v) is 4.18. The lowest BCUT2D eigenvalue weighted by Gasteiger charge is -2.42. The predicted octanol–water partition coefficient (Wildman–Crippen LogP) is 4.64. The number of carbonyl (C=O) groups is 2. The normalized spacial score (nSPS) is 19.3. The lowest BCUT2D eigenvalue weighted by Crippen LogP contribution is -2.56. The predicted molar refractivity (Wildman–Crippen MR) is 99.1 cm³/mol. The number of rotatable bonds is 2. The van der Waals surface area contributed by atoms with Crippen LogP contribution in [0.5, 0.6) is 0 Å². The molecule has 2 aliphatic heterocycles. The summed E-state index contributed by atoms with van der Waals surface area (Å²) in [6.07, 6.45) is 2.06. The Balaban J connectivity index is 1.82. The lowest BCUT2D eigenvalue weighted by atomic mass is 10.0. The Morgan fingerprint density at radius 3 is 1.40 bits per heavy atom. The number of benzene rings is 2. The van der Waals surface area contributed by atoms with E-state index in [4.69, 9.17) is 23.2 Å². The minimum Gasteiger partial charge on any atom is -0.288 e. The molecule has 2 fully saturated rings. The highest BCUT2D eigenvalue weighted by Crippen LogP contribution is 2.47. The van der Waals surface area contributed by atoms with Gasteiger partial charge in [-0.15, -0.1) is 0 Å². The summed E-state index contributed by atoms with van der Waals surface area (Å²) in [5, 5.41) is 1.23. The average Bonchev–Trinajstić information content (AvgIpc) is 3.10. The van der Waals surface area contributed by atoms with E-state index in [0.717, 1.165) is 11.4 Å². The Hall–Kier alpha value is -2.04. The van der Waals surface area contributed by atoms with Crippen molar-refractivity contribution in [3.8, 4) is 0 Å². The van der Waals surface area contributed by atoms with Gasteiger partial charge in [-0.3, -0.25) is 19.4 Å². The fraction of sp³-hybridized carbons (Fsp3) is 0.263. The van der Waals surface area contributed by atoms with Gasteiger partial charge in [0.15, 0.2) is 0 Å². The van der Waals surface area contributed by atoms with Gasteiger partial charge in [-0.1, -0.05) is 23.2 Å². The van der Waals surface area contributed by atoms with E-state index in [-0.39, 0.29) is 11.8 Å². The molecule has 0 radical (unpaired) electrons. The highest BCUT2D eigenvalue weighted by Gasteiger charge is 2.56. The van der Waals surface area contributed by atoms with Crippen molar-refractivity contribution in [1.29, 1.82) is 0 Å². The summed E-state index contributed by atoms with van der Waals surface area (Å²) in [7, 11) is 0. The van der Waals surface area contributed by atoms with Crippen LogP contribution >= 0.6 is 23.2 Å². The molecule has 2 aliphatic rings. The molecular formula is C19H16Cl2N2O2. The number of carbonyl (C=O) groups excluding carboxylic acids is 2. The van der Waals surface area contributed by atoms with E-state index < -0.39 is 5.66 Å². The minimum absolute atomic E-state index is 0.0241. The molecule has 0 atom stereocenters. The second kappa shape index (κ2) is 6.04. The molecule has 1 spiro atoms. The van der Waals surface area contributed by atoms with E-state index in [1.807, 2.05) is 24.3 Å². The summed E-state index contributed by atoms with van der Waals surface area (Å²) < 4.78 is 0. The summed E-state index contributed by atoms with van der Waals surface area (Å²) in [6, 6.07) is 14.4. The summed E-state index contributed by atoms with van der Waals surface area (Å²) in [5.41, 5.74) is 0.872. The molecule has 128 valence electrons. The maximum absolute atomic E-state index is 12.7. The summed E-state index contributed by atoms with van der Waals surface area (Å²) in [4.78, 5) is 28.9. The van der Waals surface area contributed by atoms with E-state index in [9.17, 15) is 9.59 Å². The van der Waals surface area contributed by atoms with Gasteiger partial charge < -0.3 is 0 Å². The highest BCUT2D eigenvalue weighted by atomic mass is 35.5. The van der Waals surface area contributed by atoms with Gasteiger partial charge in [0.2, 0.25) is 11.8 Å². The van der Waals surface area contributed by atoms with Gasteiger partial charge in [0, 0.05) is 34.3 Å². The van der Waals surface area contributed by atoms with Crippen molar-refractivity contribution in [3.63, 3.8) is 0 Å². The number of hydrogen-bond donors (Lipinski definition) is 0. The van der Waals surface area contributed by atoms with Crippen LogP contribution < -0.4 is 9.80 Å². The van der Waals surface area contributed by atoms with Crippen LogP contribution in [0.25, 0.3) is 0 Å². The van der Waals surface area contributed by atoms with E-state index in [1.54, 1.807) is 34.1 Å². The van der Waals surface area contributed by atoms with Crippen molar-refractivity contribution >= 4 is 46.4 Å². The standard InChI is InChI=1S/C19H16Cl2N2O2/c20-13-1-5-15(6-2-13)22-17(24)9-11-19(22)12-10-18(25)23(19)16-7-3-14(21)4-8-16/h1-8H,9-12H2. The number of amides is 2. The molecule has 0 aromatic heterocycles. The summed E-state index contributed by atoms with van der Waals surface area (Å²) >= 11 is 12.0. The molecule has 4 nitrogen and oxygen atoms in total. The van der Waals surface area contributed by atoms with Gasteiger partial charge in [-0.2, -0.15) is 0 Å². The Morgan fingerprint density at radius 2 is 1.04 bits per heavy atom. The smallest absolute Gasteiger partial charge is 0.229 e. The Labute approximate surface area is 155 Å². The molecule has 25 heavy (non-hydrogen) atoms. The molecule has 0 unspecified atom stereocenters. The third-order valence-corrected chi connectivity index (χ3v) is 5.48. The maximum atomic E-state index is 12.7. The summed E-state index contributed by atoms with van der Waals surface area (Å²) in [5.74, 6) is 0.0481. The van der Waals surface area contributed by atoms with Crippen LogP contribution in [0.2, 0.25) is 10.0 Å². The van der Waals surface area contributed by atoms with Crippen LogP contribution in [0, 0.1) is 0 Å². The quantitative estimate of drug-likeness (QED) is 0.767. The van der Waals surface area contributed by atoms with E-state index in [1.165, 1.54) is 0 Å². The Kier molecular flexibility index (Phi) is 3.97. The van der Waals surface area contributed by atoms with Crippen molar-refractivity contribution in [2.75, 3.05) is 9.80 Å². The van der Waals surface area contributed by atoms with Crippen LogP contribution in [0.3, 0.4) is 0 Å². The molecule has 0 bridgehead atoms. The highest BCUT2D eigenvalue weighted by molar-refractivity contribution is 6.31. The monoisotopic (exact) mass is 374 g/mol. The number of anilines is 2. The lowest BCUT2D eigenvalue weighted by molar-refractivity contribution is -0.117. The first-order valence-electron chi connectivity index (χ1n) is 8.18. The van der Waals surface area contributed by atoms with Crippen molar-refractivity contribution in [1.82, 2.24) is 0 Å². The molecule has 0 saturated carbocycles. The third-order valence-electron chi connectivity index (χ3n) is 4.98. The third kappa shape index (κ3) is 2.60. The SMILES string of the molecule is O=C1CCC2(CCC(=O)N2c2ccc(Cl)cc2)N1c1ccc(Cl)cc1. The van der Waals surface area contributed by atoms with Gasteiger partial charge in [0.05, 0.1) is 0 Å². The zero-order chi connectivity index (χ0) is 17.6. The molecule has 2 aromatic rings. The van der Waals surface area contributed by atoms with Crippen LogP contribution in [0.1, 0.15) is 25.7 Å². The molecule has 6 heteroatoms. The van der Waals surface area contributed by atoms with Gasteiger partial charge in [0.25, 0.3) is 0 Å². The molecule has 4 rings (SSSR count). The van der Waals surface area contributed by atoms with Crippen molar-refractivity contribution in [3.05, 3.63) is 58.6 Å². The fourth-order valence-electron chi connectivity index (χ4n) is 3.92. The Morgan fingerprint density at radius 1 is 0.680 bits per heavy atom. The molecule has 2 saturated heterocycles. The van der Waals surface area contributed by atoms with Gasteiger partial charge >= 0.3 is 0 Å². The second-order valence-corrected chi connectivity index (χ2v) is 7.27. The van der Waals surface area contributed by atoms with Crippen LogP contribution in [-0.2, 0) is 9.59 Å².